The van der Waals surface area contributed by atoms with Crippen LogP contribution in [0.15, 0.2) is 41.1 Å². The Balaban J connectivity index is 1.23. The zero-order valence-corrected chi connectivity index (χ0v) is 23.3. The Morgan fingerprint density at radius 2 is 1.95 bits per heavy atom. The van der Waals surface area contributed by atoms with E-state index in [2.05, 4.69) is 21.2 Å². The summed E-state index contributed by atoms with van der Waals surface area (Å²) in [5.41, 5.74) is 2.88. The molecule has 1 aliphatic rings. The molecule has 1 N–H and O–H groups in total. The first kappa shape index (κ1) is 29.0. The number of pyridine rings is 1. The number of amides is 1. The van der Waals surface area contributed by atoms with E-state index in [0.29, 0.717) is 61.7 Å². The van der Waals surface area contributed by atoms with Crippen molar-refractivity contribution in [2.75, 3.05) is 26.8 Å². The number of carbonyl (C=O) groups is 2. The van der Waals surface area contributed by atoms with Crippen molar-refractivity contribution in [2.24, 2.45) is 5.92 Å². The Hall–Kier alpha value is -3.95. The van der Waals surface area contributed by atoms with Crippen molar-refractivity contribution < 1.29 is 28.7 Å². The van der Waals surface area contributed by atoms with Crippen molar-refractivity contribution in [1.29, 1.82) is 0 Å². The van der Waals surface area contributed by atoms with Gasteiger partial charge in [0.15, 0.2) is 5.82 Å². The maximum Gasteiger partial charge on any atom is 0.303 e. The molecule has 0 unspecified atom stereocenters. The summed E-state index contributed by atoms with van der Waals surface area (Å²) in [6, 6.07) is 9.81. The fraction of sp³-hybridized carbons (Fsp3) is 0.500. The van der Waals surface area contributed by atoms with E-state index in [0.717, 1.165) is 23.3 Å². The van der Waals surface area contributed by atoms with Crippen molar-refractivity contribution in [3.8, 4) is 23.1 Å². The number of nitrogens with zero attached hydrogens (tertiary/aromatic N) is 4. The van der Waals surface area contributed by atoms with Gasteiger partial charge in [-0.1, -0.05) is 30.1 Å². The number of carboxylic acids is 1. The molecule has 10 nitrogen and oxygen atoms in total. The molecule has 0 aliphatic heterocycles. The van der Waals surface area contributed by atoms with Crippen LogP contribution in [0.2, 0.25) is 0 Å². The summed E-state index contributed by atoms with van der Waals surface area (Å²) in [5.74, 6) is 1.82. The predicted octanol–water partition coefficient (Wildman–Crippen LogP) is 4.89. The topological polar surface area (TPSA) is 128 Å². The van der Waals surface area contributed by atoms with Gasteiger partial charge in [0.05, 0.1) is 19.6 Å². The van der Waals surface area contributed by atoms with Gasteiger partial charge in [-0.05, 0) is 67.9 Å². The molecule has 1 amide bonds. The molecule has 0 bridgehead atoms. The van der Waals surface area contributed by atoms with E-state index in [1.165, 1.54) is 25.7 Å². The lowest BCUT2D eigenvalue weighted by Crippen LogP contribution is -2.28. The van der Waals surface area contributed by atoms with Crippen molar-refractivity contribution >= 4 is 11.9 Å². The van der Waals surface area contributed by atoms with E-state index in [4.69, 9.17) is 19.1 Å². The van der Waals surface area contributed by atoms with Gasteiger partial charge in [0.2, 0.25) is 11.8 Å². The quantitative estimate of drug-likeness (QED) is 0.263. The highest BCUT2D eigenvalue weighted by molar-refractivity contribution is 5.80. The summed E-state index contributed by atoms with van der Waals surface area (Å²) in [5, 5.41) is 12.9. The molecular formula is C30H38N4O6. The van der Waals surface area contributed by atoms with Crippen molar-refractivity contribution in [3.05, 3.63) is 53.5 Å². The Bertz CT molecular complexity index is 1270. The van der Waals surface area contributed by atoms with E-state index in [1.54, 1.807) is 18.1 Å². The zero-order chi connectivity index (χ0) is 28.3. The standard InChI is InChI=1S/C30H38N4O6/c1-21-19-22(10-12-25(21)38-18-6-17-34(2)27(35)14-15-28(36)37)11-13-26-32-30(40-33-26)24-9-5-16-31-29(24)39-20-23-7-3-4-8-23/h5,9-10,12,16,19,23H,3-4,6-8,11,13-15,17-18,20H2,1-2H3,(H,36,37). The van der Waals surface area contributed by atoms with Gasteiger partial charge in [-0.15, -0.1) is 0 Å². The van der Waals surface area contributed by atoms with Crippen LogP contribution in [0.5, 0.6) is 11.6 Å². The summed E-state index contributed by atoms with van der Waals surface area (Å²) >= 11 is 0. The molecule has 1 fully saturated rings. The van der Waals surface area contributed by atoms with Crippen LogP contribution in [0.25, 0.3) is 11.5 Å². The lowest BCUT2D eigenvalue weighted by molar-refractivity contribution is -0.140. The number of hydrogen-bond acceptors (Lipinski definition) is 8. The number of carboxylic acid groups (broad SMARTS) is 1. The number of aromatic nitrogens is 3. The molecule has 0 atom stereocenters. The smallest absolute Gasteiger partial charge is 0.303 e. The minimum atomic E-state index is -0.968. The lowest BCUT2D eigenvalue weighted by Gasteiger charge is -2.17. The SMILES string of the molecule is Cc1cc(CCc2noc(-c3cccnc3OCC3CCCC3)n2)ccc1OCCCN(C)C(=O)CCC(=O)O. The molecule has 1 aliphatic carbocycles. The minimum Gasteiger partial charge on any atom is -0.493 e. The van der Waals surface area contributed by atoms with Gasteiger partial charge in [-0.25, -0.2) is 4.98 Å². The highest BCUT2D eigenvalue weighted by atomic mass is 16.5. The first-order valence-corrected chi connectivity index (χ1v) is 14.0. The third kappa shape index (κ3) is 8.53. The number of benzene rings is 1. The third-order valence-corrected chi connectivity index (χ3v) is 7.15. The highest BCUT2D eigenvalue weighted by Crippen LogP contribution is 2.30. The largest absolute Gasteiger partial charge is 0.493 e. The van der Waals surface area contributed by atoms with E-state index >= 15 is 0 Å². The van der Waals surface area contributed by atoms with Crippen LogP contribution in [-0.2, 0) is 22.4 Å². The van der Waals surface area contributed by atoms with Gasteiger partial charge in [0, 0.05) is 32.6 Å². The van der Waals surface area contributed by atoms with Crippen molar-refractivity contribution in [2.45, 2.75) is 64.7 Å². The Morgan fingerprint density at radius 1 is 1.12 bits per heavy atom. The molecule has 40 heavy (non-hydrogen) atoms. The van der Waals surface area contributed by atoms with Crippen molar-refractivity contribution in [1.82, 2.24) is 20.0 Å². The Kier molecular flexibility index (Phi) is 10.5. The maximum atomic E-state index is 11.9. The van der Waals surface area contributed by atoms with Gasteiger partial charge >= 0.3 is 5.97 Å². The molecule has 4 rings (SSSR count). The average Bonchev–Trinajstić information content (AvgIpc) is 3.65. The Labute approximate surface area is 234 Å². The Morgan fingerprint density at radius 3 is 2.73 bits per heavy atom. The minimum absolute atomic E-state index is 0.0116. The van der Waals surface area contributed by atoms with Crippen LogP contribution in [0.3, 0.4) is 0 Å². The normalized spacial score (nSPS) is 13.3. The molecular weight excluding hydrogens is 512 g/mol. The number of aliphatic carboxylic acids is 1. The molecule has 214 valence electrons. The van der Waals surface area contributed by atoms with Gasteiger partial charge in [0.25, 0.3) is 5.89 Å². The number of hydrogen-bond donors (Lipinski definition) is 1. The maximum absolute atomic E-state index is 11.9. The number of aryl methyl sites for hydroxylation is 3. The van der Waals surface area contributed by atoms with Crippen LogP contribution in [0.4, 0.5) is 0 Å². The second-order valence-electron chi connectivity index (χ2n) is 10.3. The molecule has 0 radical (unpaired) electrons. The van der Waals surface area contributed by atoms with E-state index in [1.807, 2.05) is 31.2 Å². The average molecular weight is 551 g/mol. The fourth-order valence-corrected chi connectivity index (χ4v) is 4.81. The lowest BCUT2D eigenvalue weighted by atomic mass is 10.1. The van der Waals surface area contributed by atoms with E-state index in [9.17, 15) is 9.59 Å². The molecule has 1 saturated carbocycles. The van der Waals surface area contributed by atoms with Crippen LogP contribution in [-0.4, -0.2) is 63.8 Å². The molecule has 0 spiro atoms. The van der Waals surface area contributed by atoms with Crippen LogP contribution >= 0.6 is 0 Å². The summed E-state index contributed by atoms with van der Waals surface area (Å²) in [6.07, 6.45) is 8.55. The summed E-state index contributed by atoms with van der Waals surface area (Å²) < 4.78 is 17.5. The van der Waals surface area contributed by atoms with Gasteiger partial charge < -0.3 is 24.0 Å². The van der Waals surface area contributed by atoms with Crippen molar-refractivity contribution in [3.63, 3.8) is 0 Å². The van der Waals surface area contributed by atoms with E-state index in [-0.39, 0.29) is 18.7 Å². The summed E-state index contributed by atoms with van der Waals surface area (Å²) in [6.45, 7) is 3.64. The molecule has 1 aromatic carbocycles. The molecule has 0 saturated heterocycles. The number of carbonyl (C=O) groups excluding carboxylic acids is 1. The second-order valence-corrected chi connectivity index (χ2v) is 10.3. The first-order valence-electron chi connectivity index (χ1n) is 14.0. The fourth-order valence-electron chi connectivity index (χ4n) is 4.81. The van der Waals surface area contributed by atoms with Crippen LogP contribution in [0.1, 0.15) is 61.9 Å². The summed E-state index contributed by atoms with van der Waals surface area (Å²) in [4.78, 5) is 33.1. The molecule has 3 aromatic rings. The highest BCUT2D eigenvalue weighted by Gasteiger charge is 2.19. The van der Waals surface area contributed by atoms with Gasteiger partial charge in [-0.3, -0.25) is 9.59 Å². The monoisotopic (exact) mass is 550 g/mol. The third-order valence-electron chi connectivity index (χ3n) is 7.15. The zero-order valence-electron chi connectivity index (χ0n) is 23.3. The second kappa shape index (κ2) is 14.4. The number of rotatable bonds is 15. The predicted molar refractivity (Wildman–Crippen MR) is 148 cm³/mol. The van der Waals surface area contributed by atoms with Crippen LogP contribution < -0.4 is 9.47 Å². The first-order chi connectivity index (χ1) is 19.4. The van der Waals surface area contributed by atoms with Gasteiger partial charge in [0.1, 0.15) is 11.3 Å². The van der Waals surface area contributed by atoms with Gasteiger partial charge in [-0.2, -0.15) is 4.98 Å². The molecule has 10 heteroatoms. The van der Waals surface area contributed by atoms with Crippen LogP contribution in [0, 0.1) is 12.8 Å². The number of ether oxygens (including phenoxy) is 2. The van der Waals surface area contributed by atoms with E-state index < -0.39 is 5.97 Å². The summed E-state index contributed by atoms with van der Waals surface area (Å²) in [7, 11) is 1.68. The molecule has 2 aromatic heterocycles. The molecule has 2 heterocycles.